The number of benzene rings is 1. The van der Waals surface area contributed by atoms with Gasteiger partial charge in [0.05, 0.1) is 27.0 Å². The van der Waals surface area contributed by atoms with Crippen LogP contribution >= 0.6 is 27.3 Å². The van der Waals surface area contributed by atoms with E-state index in [1.807, 2.05) is 36.4 Å². The van der Waals surface area contributed by atoms with Crippen LogP contribution in [0.15, 0.2) is 46.4 Å². The zero-order valence-corrected chi connectivity index (χ0v) is 13.5. The highest BCUT2D eigenvalue weighted by molar-refractivity contribution is 9.11. The van der Waals surface area contributed by atoms with Crippen molar-refractivity contribution >= 4 is 33.6 Å². The molecule has 6 heteroatoms. The van der Waals surface area contributed by atoms with Crippen LogP contribution in [0.2, 0.25) is 0 Å². The summed E-state index contributed by atoms with van der Waals surface area (Å²) in [5, 5.41) is 4.52. The molecule has 0 amide bonds. The molecule has 2 aromatic heterocycles. The minimum Gasteiger partial charge on any atom is -0.497 e. The van der Waals surface area contributed by atoms with Crippen molar-refractivity contribution in [3.63, 3.8) is 0 Å². The quantitative estimate of drug-likeness (QED) is 0.653. The first kappa shape index (κ1) is 14.0. The summed E-state index contributed by atoms with van der Waals surface area (Å²) in [4.78, 5) is 12.2. The molecule has 0 spiro atoms. The van der Waals surface area contributed by atoms with Gasteiger partial charge < -0.3 is 4.74 Å². The molecule has 0 aliphatic heterocycles. The Morgan fingerprint density at radius 2 is 2.00 bits per heavy atom. The van der Waals surface area contributed by atoms with Crippen LogP contribution in [-0.2, 0) is 0 Å². The van der Waals surface area contributed by atoms with Gasteiger partial charge in [-0.05, 0) is 52.3 Å². The van der Waals surface area contributed by atoms with Gasteiger partial charge in [-0.3, -0.25) is 4.79 Å². The number of aldehydes is 1. The summed E-state index contributed by atoms with van der Waals surface area (Å²) in [5.74, 6) is 0.781. The molecule has 0 radical (unpaired) electrons. The number of thiophene rings is 1. The van der Waals surface area contributed by atoms with Gasteiger partial charge in [0.2, 0.25) is 0 Å². The van der Waals surface area contributed by atoms with Crippen LogP contribution in [0, 0.1) is 0 Å². The van der Waals surface area contributed by atoms with Crippen LogP contribution in [-0.4, -0.2) is 23.2 Å². The Hall–Kier alpha value is -1.92. The lowest BCUT2D eigenvalue weighted by molar-refractivity contribution is 0.112. The molecule has 0 bridgehead atoms. The Labute approximate surface area is 134 Å². The van der Waals surface area contributed by atoms with E-state index < -0.39 is 0 Å². The number of hydrogen-bond acceptors (Lipinski definition) is 4. The van der Waals surface area contributed by atoms with Crippen molar-refractivity contribution in [2.75, 3.05) is 7.11 Å². The number of carbonyl (C=O) groups is 1. The second kappa shape index (κ2) is 5.83. The van der Waals surface area contributed by atoms with E-state index in [9.17, 15) is 4.79 Å². The Kier molecular flexibility index (Phi) is 3.90. The van der Waals surface area contributed by atoms with Crippen LogP contribution < -0.4 is 4.74 Å². The predicted molar refractivity (Wildman–Crippen MR) is 86.5 cm³/mol. The largest absolute Gasteiger partial charge is 0.497 e. The monoisotopic (exact) mass is 362 g/mol. The molecule has 0 unspecified atom stereocenters. The molecule has 0 aliphatic carbocycles. The SMILES string of the molecule is COc1ccc(-n2cc(C=O)c(-c3ccc(Br)s3)n2)cc1. The summed E-state index contributed by atoms with van der Waals surface area (Å²) in [5.41, 5.74) is 2.14. The molecule has 21 heavy (non-hydrogen) atoms. The fourth-order valence-corrected chi connectivity index (χ4v) is 3.37. The highest BCUT2D eigenvalue weighted by Crippen LogP contribution is 2.32. The standard InChI is InChI=1S/C15H11BrN2O2S/c1-20-12-4-2-11(3-5-12)18-8-10(9-19)15(17-18)13-6-7-14(16)21-13/h2-9H,1H3. The van der Waals surface area contributed by atoms with Gasteiger partial charge in [0.1, 0.15) is 11.4 Å². The molecule has 3 rings (SSSR count). The van der Waals surface area contributed by atoms with E-state index in [0.717, 1.165) is 26.4 Å². The van der Waals surface area contributed by atoms with Gasteiger partial charge >= 0.3 is 0 Å². The molecule has 106 valence electrons. The van der Waals surface area contributed by atoms with Gasteiger partial charge in [0.15, 0.2) is 6.29 Å². The van der Waals surface area contributed by atoms with Crippen molar-refractivity contribution in [3.8, 4) is 22.0 Å². The summed E-state index contributed by atoms with van der Waals surface area (Å²) >= 11 is 4.97. The maximum atomic E-state index is 11.3. The lowest BCUT2D eigenvalue weighted by Crippen LogP contribution is -1.94. The first-order valence-corrected chi connectivity index (χ1v) is 7.77. The number of ether oxygens (including phenoxy) is 1. The van der Waals surface area contributed by atoms with E-state index in [0.29, 0.717) is 11.3 Å². The molecule has 4 nitrogen and oxygen atoms in total. The van der Waals surface area contributed by atoms with Gasteiger partial charge in [-0.1, -0.05) is 0 Å². The Morgan fingerprint density at radius 1 is 1.24 bits per heavy atom. The highest BCUT2D eigenvalue weighted by Gasteiger charge is 2.13. The van der Waals surface area contributed by atoms with Crippen molar-refractivity contribution < 1.29 is 9.53 Å². The average Bonchev–Trinajstić information content (AvgIpc) is 3.13. The maximum Gasteiger partial charge on any atom is 0.153 e. The minimum absolute atomic E-state index is 0.570. The van der Waals surface area contributed by atoms with Crippen LogP contribution in [0.25, 0.3) is 16.3 Å². The second-order valence-corrected chi connectivity index (χ2v) is 6.76. The van der Waals surface area contributed by atoms with Crippen LogP contribution in [0.3, 0.4) is 0 Å². The van der Waals surface area contributed by atoms with Crippen molar-refractivity contribution in [2.24, 2.45) is 0 Å². The molecule has 0 N–H and O–H groups in total. The number of rotatable bonds is 4. The molecule has 0 saturated carbocycles. The normalized spacial score (nSPS) is 10.6. The van der Waals surface area contributed by atoms with Crippen molar-refractivity contribution in [1.29, 1.82) is 0 Å². The molecule has 0 atom stereocenters. The zero-order chi connectivity index (χ0) is 14.8. The number of nitrogens with zero attached hydrogens (tertiary/aromatic N) is 2. The molecule has 1 aromatic carbocycles. The lowest BCUT2D eigenvalue weighted by Gasteiger charge is -2.03. The number of hydrogen-bond donors (Lipinski definition) is 0. The van der Waals surface area contributed by atoms with E-state index in [4.69, 9.17) is 4.74 Å². The van der Waals surface area contributed by atoms with Gasteiger partial charge in [-0.2, -0.15) is 5.10 Å². The molecular formula is C15H11BrN2O2S. The summed E-state index contributed by atoms with van der Waals surface area (Å²) < 4.78 is 7.85. The zero-order valence-electron chi connectivity index (χ0n) is 11.1. The Balaban J connectivity index is 2.04. The van der Waals surface area contributed by atoms with Crippen LogP contribution in [0.1, 0.15) is 10.4 Å². The molecule has 0 saturated heterocycles. The minimum atomic E-state index is 0.570. The molecular weight excluding hydrogens is 352 g/mol. The maximum absolute atomic E-state index is 11.3. The first-order chi connectivity index (χ1) is 10.2. The van der Waals surface area contributed by atoms with Crippen molar-refractivity contribution in [2.45, 2.75) is 0 Å². The van der Waals surface area contributed by atoms with E-state index in [1.165, 1.54) is 0 Å². The average molecular weight is 363 g/mol. The third-order valence-corrected chi connectivity index (χ3v) is 4.64. The Bertz CT molecular complexity index is 777. The smallest absolute Gasteiger partial charge is 0.153 e. The fraction of sp³-hybridized carbons (Fsp3) is 0.0667. The predicted octanol–water partition coefficient (Wildman–Crippen LogP) is 4.18. The van der Waals surface area contributed by atoms with Gasteiger partial charge in [0, 0.05) is 6.20 Å². The molecule has 0 fully saturated rings. The van der Waals surface area contributed by atoms with Crippen molar-refractivity contribution in [1.82, 2.24) is 9.78 Å². The number of halogens is 1. The van der Waals surface area contributed by atoms with Gasteiger partial charge in [0.25, 0.3) is 0 Å². The fourth-order valence-electron chi connectivity index (χ4n) is 1.97. The van der Waals surface area contributed by atoms with Gasteiger partial charge in [-0.15, -0.1) is 11.3 Å². The third-order valence-electron chi connectivity index (χ3n) is 3.01. The molecule has 3 aromatic rings. The summed E-state index contributed by atoms with van der Waals surface area (Å²) in [7, 11) is 1.63. The van der Waals surface area contributed by atoms with Crippen LogP contribution in [0.4, 0.5) is 0 Å². The summed E-state index contributed by atoms with van der Waals surface area (Å²) in [6.45, 7) is 0. The number of carbonyl (C=O) groups excluding carboxylic acids is 1. The molecule has 2 heterocycles. The Morgan fingerprint density at radius 3 is 2.57 bits per heavy atom. The van der Waals surface area contributed by atoms with Gasteiger partial charge in [-0.25, -0.2) is 4.68 Å². The van der Waals surface area contributed by atoms with Crippen molar-refractivity contribution in [3.05, 3.63) is 51.9 Å². The number of methoxy groups -OCH3 is 1. The van der Waals surface area contributed by atoms with E-state index >= 15 is 0 Å². The lowest BCUT2D eigenvalue weighted by atomic mass is 10.2. The second-order valence-electron chi connectivity index (χ2n) is 4.30. The summed E-state index contributed by atoms with van der Waals surface area (Å²) in [6.07, 6.45) is 2.56. The molecule has 0 aliphatic rings. The third kappa shape index (κ3) is 2.77. The van der Waals surface area contributed by atoms with E-state index in [-0.39, 0.29) is 0 Å². The summed E-state index contributed by atoms with van der Waals surface area (Å²) in [6, 6.07) is 11.4. The number of aromatic nitrogens is 2. The highest BCUT2D eigenvalue weighted by atomic mass is 79.9. The van der Waals surface area contributed by atoms with E-state index in [2.05, 4.69) is 21.0 Å². The van der Waals surface area contributed by atoms with Crippen LogP contribution in [0.5, 0.6) is 5.75 Å². The first-order valence-electron chi connectivity index (χ1n) is 6.16. The topological polar surface area (TPSA) is 44.1 Å². The van der Waals surface area contributed by atoms with E-state index in [1.54, 1.807) is 29.3 Å².